The number of hydrogen-bond donors (Lipinski definition) is 1. The second kappa shape index (κ2) is 9.68. The topological polar surface area (TPSA) is 87.7 Å². The van der Waals surface area contributed by atoms with Crippen molar-refractivity contribution in [2.45, 2.75) is 69.4 Å². The second-order valence-electron chi connectivity index (χ2n) is 9.66. The van der Waals surface area contributed by atoms with Crippen LogP contribution in [0.4, 0.5) is 13.2 Å². The number of aromatic nitrogens is 2. The summed E-state index contributed by atoms with van der Waals surface area (Å²) < 4.78 is 45.9. The molecule has 2 aliphatic heterocycles. The minimum atomic E-state index is -4.56. The van der Waals surface area contributed by atoms with E-state index in [4.69, 9.17) is 4.74 Å². The second-order valence-corrected chi connectivity index (χ2v) is 9.66. The molecule has 3 fully saturated rings. The van der Waals surface area contributed by atoms with E-state index in [1.54, 1.807) is 17.3 Å². The van der Waals surface area contributed by atoms with Crippen LogP contribution in [0, 0.1) is 0 Å². The van der Waals surface area contributed by atoms with Crippen molar-refractivity contribution in [3.8, 4) is 5.88 Å². The molecule has 0 radical (unpaired) electrons. The quantitative estimate of drug-likeness (QED) is 0.648. The molecule has 2 saturated heterocycles. The zero-order chi connectivity index (χ0) is 25.4. The van der Waals surface area contributed by atoms with Crippen molar-refractivity contribution in [3.63, 3.8) is 0 Å². The molecule has 3 atom stereocenters. The van der Waals surface area contributed by atoms with Gasteiger partial charge in [0.05, 0.1) is 30.3 Å². The van der Waals surface area contributed by atoms with E-state index in [1.165, 1.54) is 19.1 Å². The lowest BCUT2D eigenvalue weighted by atomic mass is 10.0. The zero-order valence-corrected chi connectivity index (χ0v) is 19.9. The maximum absolute atomic E-state index is 13.5. The van der Waals surface area contributed by atoms with Crippen LogP contribution in [0.5, 0.6) is 5.88 Å². The van der Waals surface area contributed by atoms with Gasteiger partial charge in [-0.15, -0.1) is 0 Å². The number of rotatable bonds is 6. The number of fused-ring (bicyclic) bond motifs is 1. The third kappa shape index (κ3) is 5.30. The molecule has 0 spiro atoms. The first-order valence-corrected chi connectivity index (χ1v) is 12.2. The summed E-state index contributed by atoms with van der Waals surface area (Å²) >= 11 is 0. The summed E-state index contributed by atoms with van der Waals surface area (Å²) in [4.78, 5) is 37.8. The predicted octanol–water partition coefficient (Wildman–Crippen LogP) is 3.61. The van der Waals surface area contributed by atoms with Gasteiger partial charge in [-0.2, -0.15) is 13.2 Å². The number of nitrogens with zero attached hydrogens (tertiary/aromatic N) is 4. The van der Waals surface area contributed by atoms with E-state index in [9.17, 15) is 22.8 Å². The van der Waals surface area contributed by atoms with Gasteiger partial charge in [0.25, 0.3) is 5.91 Å². The SMILES string of the molecule is CC(=O)NC(C(=O)N1CC[C@@H]2CC[C@H](Oc3cnc(C4CC4)cn3)N2C1)c1cccc(C(F)(F)F)c1. The maximum atomic E-state index is 13.5. The number of halogens is 3. The number of carbonyl (C=O) groups is 2. The van der Waals surface area contributed by atoms with Gasteiger partial charge in [0.2, 0.25) is 11.8 Å². The van der Waals surface area contributed by atoms with E-state index in [0.29, 0.717) is 24.8 Å². The number of alkyl halides is 3. The Hall–Kier alpha value is -3.21. The van der Waals surface area contributed by atoms with Crippen LogP contribution in [0.25, 0.3) is 0 Å². The smallest absolute Gasteiger partial charge is 0.416 e. The highest BCUT2D eigenvalue weighted by Gasteiger charge is 2.42. The summed E-state index contributed by atoms with van der Waals surface area (Å²) in [7, 11) is 0. The maximum Gasteiger partial charge on any atom is 0.416 e. The molecule has 8 nitrogen and oxygen atoms in total. The average molecular weight is 504 g/mol. The summed E-state index contributed by atoms with van der Waals surface area (Å²) in [5.74, 6) is -0.0375. The molecule has 5 rings (SSSR count). The van der Waals surface area contributed by atoms with Gasteiger partial charge in [0.15, 0.2) is 6.23 Å². The van der Waals surface area contributed by atoms with Crippen molar-refractivity contribution in [2.75, 3.05) is 13.2 Å². The highest BCUT2D eigenvalue weighted by atomic mass is 19.4. The number of nitrogens with one attached hydrogen (secondary N) is 1. The van der Waals surface area contributed by atoms with Crippen LogP contribution in [0.1, 0.15) is 67.8 Å². The first-order valence-electron chi connectivity index (χ1n) is 12.2. The molecule has 1 aromatic carbocycles. The van der Waals surface area contributed by atoms with E-state index in [2.05, 4.69) is 20.2 Å². The summed E-state index contributed by atoms with van der Waals surface area (Å²) in [6.07, 6.45) is 3.18. The average Bonchev–Trinajstić information content (AvgIpc) is 3.63. The lowest BCUT2D eigenvalue weighted by Crippen LogP contribution is -2.55. The Morgan fingerprint density at radius 3 is 2.58 bits per heavy atom. The molecule has 36 heavy (non-hydrogen) atoms. The van der Waals surface area contributed by atoms with Gasteiger partial charge in [-0.05, 0) is 49.8 Å². The Kier molecular flexibility index (Phi) is 6.59. The minimum Gasteiger partial charge on any atom is -0.457 e. The standard InChI is InChI=1S/C25H28F3N5O3/c1-15(34)31-23(17-3-2-4-18(11-17)25(26,27)28)24(35)32-10-9-19-7-8-22(33(19)14-32)36-21-13-29-20(12-30-21)16-5-6-16/h2-4,11-13,16,19,22-23H,5-10,14H2,1H3,(H,31,34)/t19-,22-,23?/m0/s1. The zero-order valence-electron chi connectivity index (χ0n) is 19.9. The van der Waals surface area contributed by atoms with Crippen molar-refractivity contribution < 1.29 is 27.5 Å². The van der Waals surface area contributed by atoms with Crippen LogP contribution in [-0.2, 0) is 15.8 Å². The third-order valence-corrected chi connectivity index (χ3v) is 7.01. The predicted molar refractivity (Wildman–Crippen MR) is 122 cm³/mol. The van der Waals surface area contributed by atoms with Gasteiger partial charge < -0.3 is 15.0 Å². The molecule has 1 N–H and O–H groups in total. The van der Waals surface area contributed by atoms with Crippen LogP contribution in [0.3, 0.4) is 0 Å². The third-order valence-electron chi connectivity index (χ3n) is 7.01. The Morgan fingerprint density at radius 2 is 1.92 bits per heavy atom. The fourth-order valence-corrected chi connectivity index (χ4v) is 4.98. The Balaban J connectivity index is 1.30. The van der Waals surface area contributed by atoms with E-state index >= 15 is 0 Å². The molecule has 0 bridgehead atoms. The number of ether oxygens (including phenoxy) is 1. The van der Waals surface area contributed by atoms with Gasteiger partial charge in [-0.25, -0.2) is 9.88 Å². The van der Waals surface area contributed by atoms with Crippen molar-refractivity contribution in [1.82, 2.24) is 25.1 Å². The molecular formula is C25H28F3N5O3. The van der Waals surface area contributed by atoms with E-state index < -0.39 is 29.6 Å². The fraction of sp³-hybridized carbons (Fsp3) is 0.520. The van der Waals surface area contributed by atoms with Crippen LogP contribution in [0.15, 0.2) is 36.7 Å². The number of amides is 2. The largest absolute Gasteiger partial charge is 0.457 e. The number of carbonyl (C=O) groups excluding carboxylic acids is 2. The Bertz CT molecular complexity index is 1120. The summed E-state index contributed by atoms with van der Waals surface area (Å²) in [6, 6.07) is 3.53. The van der Waals surface area contributed by atoms with Crippen molar-refractivity contribution in [3.05, 3.63) is 53.5 Å². The Morgan fingerprint density at radius 1 is 1.11 bits per heavy atom. The lowest BCUT2D eigenvalue weighted by Gasteiger charge is -2.41. The van der Waals surface area contributed by atoms with E-state index in [1.807, 2.05) is 0 Å². The number of hydrogen-bond acceptors (Lipinski definition) is 6. The van der Waals surface area contributed by atoms with Gasteiger partial charge in [-0.3, -0.25) is 14.6 Å². The lowest BCUT2D eigenvalue weighted by molar-refractivity contribution is -0.143. The van der Waals surface area contributed by atoms with Crippen LogP contribution in [0.2, 0.25) is 0 Å². The van der Waals surface area contributed by atoms with Crippen molar-refractivity contribution >= 4 is 11.8 Å². The van der Waals surface area contributed by atoms with E-state index in [0.717, 1.165) is 43.5 Å². The van der Waals surface area contributed by atoms with Crippen LogP contribution >= 0.6 is 0 Å². The molecule has 3 heterocycles. The van der Waals surface area contributed by atoms with Gasteiger partial charge in [-0.1, -0.05) is 12.1 Å². The van der Waals surface area contributed by atoms with Crippen LogP contribution in [-0.4, -0.2) is 57.1 Å². The normalized spacial score (nSPS) is 23.2. The monoisotopic (exact) mass is 503 g/mol. The molecule has 1 saturated carbocycles. The molecular weight excluding hydrogens is 475 g/mol. The van der Waals surface area contributed by atoms with Gasteiger partial charge >= 0.3 is 6.18 Å². The first-order chi connectivity index (χ1) is 17.2. The molecule has 192 valence electrons. The van der Waals surface area contributed by atoms with Crippen molar-refractivity contribution in [2.24, 2.45) is 0 Å². The molecule has 1 unspecified atom stereocenters. The summed E-state index contributed by atoms with van der Waals surface area (Å²) in [5, 5.41) is 2.54. The highest BCUT2D eigenvalue weighted by Crippen LogP contribution is 2.39. The molecule has 2 amide bonds. The minimum absolute atomic E-state index is 0.0902. The molecule has 1 aliphatic carbocycles. The summed E-state index contributed by atoms with van der Waals surface area (Å²) in [6.45, 7) is 1.93. The van der Waals surface area contributed by atoms with Crippen LogP contribution < -0.4 is 10.1 Å². The van der Waals surface area contributed by atoms with Gasteiger partial charge in [0, 0.05) is 25.4 Å². The summed E-state index contributed by atoms with van der Waals surface area (Å²) in [5.41, 5.74) is 0.191. The number of benzene rings is 1. The first kappa shape index (κ1) is 24.5. The van der Waals surface area contributed by atoms with Crippen molar-refractivity contribution in [1.29, 1.82) is 0 Å². The molecule has 1 aromatic heterocycles. The molecule has 3 aliphatic rings. The molecule has 2 aromatic rings. The van der Waals surface area contributed by atoms with Gasteiger partial charge in [0.1, 0.15) is 6.04 Å². The van der Waals surface area contributed by atoms with E-state index in [-0.39, 0.29) is 24.5 Å². The molecule has 11 heteroatoms. The Labute approximate surface area is 206 Å². The fourth-order valence-electron chi connectivity index (χ4n) is 4.98. The highest BCUT2D eigenvalue weighted by molar-refractivity contribution is 5.88.